The molecule has 2 aromatic carbocycles. The van der Waals surface area contributed by atoms with Crippen molar-refractivity contribution in [3.05, 3.63) is 94.8 Å². The second-order valence-electron chi connectivity index (χ2n) is 7.44. The Balaban J connectivity index is 1.21. The topological polar surface area (TPSA) is 66.2 Å². The summed E-state index contributed by atoms with van der Waals surface area (Å²) in [5.41, 5.74) is 3.62. The second-order valence-corrected chi connectivity index (χ2v) is 8.23. The number of furan rings is 1. The highest BCUT2D eigenvalue weighted by molar-refractivity contribution is 7.80. The molecule has 0 atom stereocenters. The van der Waals surface area contributed by atoms with Crippen LogP contribution in [0, 0.1) is 0 Å². The number of fused-ring (bicyclic) bond motifs is 1. The zero-order valence-corrected chi connectivity index (χ0v) is 18.7. The van der Waals surface area contributed by atoms with E-state index in [-0.39, 0.29) is 0 Å². The Hall–Kier alpha value is -3.42. The van der Waals surface area contributed by atoms with Crippen molar-refractivity contribution in [3.63, 3.8) is 0 Å². The average Bonchev–Trinajstić information content (AvgIpc) is 3.45. The number of benzene rings is 2. The summed E-state index contributed by atoms with van der Waals surface area (Å²) >= 11 is 11.7. The minimum atomic E-state index is 0.352. The molecule has 160 valence electrons. The maximum absolute atomic E-state index is 6.26. The molecular formula is C24H20ClN5OS. The van der Waals surface area contributed by atoms with Crippen LogP contribution in [0.25, 0.3) is 11.3 Å². The fraction of sp³-hybridized carbons (Fsp3) is 0.125. The number of rotatable bonds is 5. The SMILES string of the molecule is S=C(NCc1ccc(-c2ccccc2)o1)Nc1nc(Cl)cc(N2Cc3ccccc3C2)n1. The summed E-state index contributed by atoms with van der Waals surface area (Å²) in [7, 11) is 0. The first-order chi connectivity index (χ1) is 15.6. The molecule has 2 N–H and O–H groups in total. The minimum Gasteiger partial charge on any atom is -0.459 e. The maximum atomic E-state index is 6.26. The molecular weight excluding hydrogens is 442 g/mol. The molecule has 1 aliphatic rings. The fourth-order valence-electron chi connectivity index (χ4n) is 3.66. The molecule has 1 aliphatic heterocycles. The van der Waals surface area contributed by atoms with E-state index < -0.39 is 0 Å². The highest BCUT2D eigenvalue weighted by Gasteiger charge is 2.21. The number of halogens is 1. The highest BCUT2D eigenvalue weighted by Crippen LogP contribution is 2.28. The molecule has 4 aromatic rings. The summed E-state index contributed by atoms with van der Waals surface area (Å²) < 4.78 is 5.90. The van der Waals surface area contributed by atoms with Crippen molar-refractivity contribution >= 4 is 40.7 Å². The number of nitrogens with one attached hydrogen (secondary N) is 2. The van der Waals surface area contributed by atoms with Crippen LogP contribution < -0.4 is 15.5 Å². The molecule has 0 saturated carbocycles. The van der Waals surface area contributed by atoms with E-state index in [1.807, 2.05) is 54.6 Å². The Labute approximate surface area is 196 Å². The molecule has 8 heteroatoms. The molecule has 5 rings (SSSR count). The Morgan fingerprint density at radius 1 is 0.969 bits per heavy atom. The second kappa shape index (κ2) is 8.98. The van der Waals surface area contributed by atoms with Crippen LogP contribution >= 0.6 is 23.8 Å². The number of nitrogens with zero attached hydrogens (tertiary/aromatic N) is 3. The zero-order chi connectivity index (χ0) is 21.9. The first-order valence-electron chi connectivity index (χ1n) is 10.2. The van der Waals surface area contributed by atoms with Crippen LogP contribution in [0.2, 0.25) is 5.15 Å². The van der Waals surface area contributed by atoms with Crippen LogP contribution in [-0.2, 0) is 19.6 Å². The molecule has 0 amide bonds. The van der Waals surface area contributed by atoms with Gasteiger partial charge in [-0.05, 0) is 35.5 Å². The predicted octanol–water partition coefficient (Wildman–Crippen LogP) is 5.40. The Morgan fingerprint density at radius 3 is 2.44 bits per heavy atom. The first kappa shape index (κ1) is 20.5. The van der Waals surface area contributed by atoms with Gasteiger partial charge in [0.1, 0.15) is 22.5 Å². The summed E-state index contributed by atoms with van der Waals surface area (Å²) in [4.78, 5) is 11.0. The molecule has 0 fully saturated rings. The lowest BCUT2D eigenvalue weighted by molar-refractivity contribution is 0.516. The Bertz CT molecular complexity index is 1240. The zero-order valence-electron chi connectivity index (χ0n) is 17.1. The van der Waals surface area contributed by atoms with Gasteiger partial charge in [-0.15, -0.1) is 0 Å². The number of hydrogen-bond acceptors (Lipinski definition) is 5. The average molecular weight is 462 g/mol. The number of aromatic nitrogens is 2. The van der Waals surface area contributed by atoms with Gasteiger partial charge in [-0.1, -0.05) is 66.2 Å². The third-order valence-electron chi connectivity index (χ3n) is 5.21. The van der Waals surface area contributed by atoms with Crippen molar-refractivity contribution in [2.75, 3.05) is 10.2 Å². The van der Waals surface area contributed by atoms with Gasteiger partial charge < -0.3 is 20.0 Å². The predicted molar refractivity (Wildman–Crippen MR) is 131 cm³/mol. The van der Waals surface area contributed by atoms with Crippen LogP contribution in [0.3, 0.4) is 0 Å². The molecule has 2 aromatic heterocycles. The van der Waals surface area contributed by atoms with E-state index >= 15 is 0 Å². The van der Waals surface area contributed by atoms with Crippen molar-refractivity contribution in [1.29, 1.82) is 0 Å². The van der Waals surface area contributed by atoms with Gasteiger partial charge in [0.05, 0.1) is 6.54 Å². The Morgan fingerprint density at radius 2 is 1.69 bits per heavy atom. The molecule has 0 aliphatic carbocycles. The van der Waals surface area contributed by atoms with Gasteiger partial charge in [-0.25, -0.2) is 4.98 Å². The normalized spacial score (nSPS) is 12.5. The highest BCUT2D eigenvalue weighted by atomic mass is 35.5. The molecule has 0 spiro atoms. The largest absolute Gasteiger partial charge is 0.459 e. The third-order valence-corrected chi connectivity index (χ3v) is 5.65. The Kier molecular flexibility index (Phi) is 5.75. The molecule has 0 saturated heterocycles. The lowest BCUT2D eigenvalue weighted by Crippen LogP contribution is -2.29. The van der Waals surface area contributed by atoms with E-state index in [4.69, 9.17) is 28.2 Å². The standard InChI is InChI=1S/C24H20ClN5OS/c25-21-12-22(30-14-17-8-4-5-9-18(17)15-30)28-23(27-21)29-24(32)26-13-19-10-11-20(31-19)16-6-2-1-3-7-16/h1-12H,13-15H2,(H2,26,27,28,29,32). The molecule has 0 radical (unpaired) electrons. The lowest BCUT2D eigenvalue weighted by Gasteiger charge is -2.18. The fourth-order valence-corrected chi connectivity index (χ4v) is 4.00. The molecule has 32 heavy (non-hydrogen) atoms. The van der Waals surface area contributed by atoms with E-state index in [1.165, 1.54) is 11.1 Å². The van der Waals surface area contributed by atoms with Crippen molar-refractivity contribution < 1.29 is 4.42 Å². The van der Waals surface area contributed by atoms with E-state index in [0.29, 0.717) is 22.8 Å². The smallest absolute Gasteiger partial charge is 0.232 e. The van der Waals surface area contributed by atoms with Crippen LogP contribution in [0.4, 0.5) is 11.8 Å². The number of anilines is 2. The van der Waals surface area contributed by atoms with Crippen LogP contribution in [-0.4, -0.2) is 15.1 Å². The molecule has 0 unspecified atom stereocenters. The van der Waals surface area contributed by atoms with Gasteiger partial charge in [0.2, 0.25) is 5.95 Å². The summed E-state index contributed by atoms with van der Waals surface area (Å²) in [6.07, 6.45) is 0. The van der Waals surface area contributed by atoms with Gasteiger partial charge in [0.15, 0.2) is 5.11 Å². The molecule has 3 heterocycles. The van der Waals surface area contributed by atoms with E-state index in [0.717, 1.165) is 36.0 Å². The van der Waals surface area contributed by atoms with Gasteiger partial charge in [-0.3, -0.25) is 0 Å². The van der Waals surface area contributed by atoms with Crippen LogP contribution in [0.5, 0.6) is 0 Å². The number of hydrogen-bond donors (Lipinski definition) is 2. The summed E-state index contributed by atoms with van der Waals surface area (Å²) in [5, 5.41) is 6.89. The molecule has 0 bridgehead atoms. The summed E-state index contributed by atoms with van der Waals surface area (Å²) in [5.74, 6) is 2.70. The third kappa shape index (κ3) is 4.59. The van der Waals surface area contributed by atoms with E-state index in [9.17, 15) is 0 Å². The quantitative estimate of drug-likeness (QED) is 0.305. The van der Waals surface area contributed by atoms with Gasteiger partial charge in [0.25, 0.3) is 0 Å². The van der Waals surface area contributed by atoms with Gasteiger partial charge >= 0.3 is 0 Å². The molecule has 6 nitrogen and oxygen atoms in total. The minimum absolute atomic E-state index is 0.352. The van der Waals surface area contributed by atoms with Crippen LogP contribution in [0.1, 0.15) is 16.9 Å². The monoisotopic (exact) mass is 461 g/mol. The summed E-state index contributed by atoms with van der Waals surface area (Å²) in [6.45, 7) is 2.01. The van der Waals surface area contributed by atoms with E-state index in [1.54, 1.807) is 6.07 Å². The van der Waals surface area contributed by atoms with Gasteiger partial charge in [0, 0.05) is 24.7 Å². The van der Waals surface area contributed by atoms with Gasteiger partial charge in [-0.2, -0.15) is 4.98 Å². The van der Waals surface area contributed by atoms with Crippen molar-refractivity contribution in [2.45, 2.75) is 19.6 Å². The maximum Gasteiger partial charge on any atom is 0.232 e. The van der Waals surface area contributed by atoms with Crippen molar-refractivity contribution in [2.24, 2.45) is 0 Å². The van der Waals surface area contributed by atoms with Crippen molar-refractivity contribution in [1.82, 2.24) is 15.3 Å². The first-order valence-corrected chi connectivity index (χ1v) is 11.0. The summed E-state index contributed by atoms with van der Waals surface area (Å²) in [6, 6.07) is 24.0. The van der Waals surface area contributed by atoms with Crippen LogP contribution in [0.15, 0.2) is 77.2 Å². The van der Waals surface area contributed by atoms with Crippen molar-refractivity contribution in [3.8, 4) is 11.3 Å². The van der Waals surface area contributed by atoms with E-state index in [2.05, 4.69) is 37.6 Å². The number of thiocarbonyl (C=S) groups is 1. The lowest BCUT2D eigenvalue weighted by atomic mass is 10.1.